The fourth-order valence-corrected chi connectivity index (χ4v) is 2.46. The number of pyridine rings is 1. The van der Waals surface area contributed by atoms with Crippen molar-refractivity contribution >= 4 is 11.6 Å². The molecule has 1 saturated carbocycles. The van der Waals surface area contributed by atoms with Crippen molar-refractivity contribution in [2.24, 2.45) is 0 Å². The summed E-state index contributed by atoms with van der Waals surface area (Å²) < 4.78 is 0. The van der Waals surface area contributed by atoms with Crippen LogP contribution in [0.1, 0.15) is 48.2 Å². The molecule has 2 rings (SSSR count). The number of rotatable bonds is 3. The zero-order valence-electron chi connectivity index (χ0n) is 11.1. The van der Waals surface area contributed by atoms with Gasteiger partial charge in [-0.1, -0.05) is 19.3 Å². The van der Waals surface area contributed by atoms with Gasteiger partial charge in [0.1, 0.15) is 0 Å². The smallest absolute Gasteiger partial charge is 0.255 e. The van der Waals surface area contributed by atoms with Gasteiger partial charge >= 0.3 is 0 Å². The Hall–Kier alpha value is -1.58. The second-order valence-corrected chi connectivity index (χ2v) is 4.93. The van der Waals surface area contributed by atoms with Crippen LogP contribution in [-0.4, -0.2) is 24.0 Å². The van der Waals surface area contributed by atoms with E-state index in [4.69, 9.17) is 0 Å². The normalized spacial score (nSPS) is 16.3. The Morgan fingerprint density at radius 2 is 2.06 bits per heavy atom. The predicted molar refractivity (Wildman–Crippen MR) is 72.9 cm³/mol. The Morgan fingerprint density at radius 1 is 1.33 bits per heavy atom. The zero-order valence-corrected chi connectivity index (χ0v) is 11.1. The van der Waals surface area contributed by atoms with Gasteiger partial charge in [0.05, 0.1) is 11.3 Å². The summed E-state index contributed by atoms with van der Waals surface area (Å²) in [5.41, 5.74) is 2.39. The molecule has 4 nitrogen and oxygen atoms in total. The molecule has 0 aliphatic heterocycles. The molecule has 98 valence electrons. The van der Waals surface area contributed by atoms with Crippen LogP contribution in [0.3, 0.4) is 0 Å². The third-order valence-corrected chi connectivity index (χ3v) is 3.50. The quantitative estimate of drug-likeness (QED) is 0.863. The minimum atomic E-state index is -0.0150. The molecule has 1 fully saturated rings. The Morgan fingerprint density at radius 3 is 2.72 bits per heavy atom. The number of hydrogen-bond acceptors (Lipinski definition) is 3. The molecule has 0 spiro atoms. The van der Waals surface area contributed by atoms with E-state index >= 15 is 0 Å². The first-order valence-corrected chi connectivity index (χ1v) is 6.66. The van der Waals surface area contributed by atoms with E-state index in [1.165, 1.54) is 19.3 Å². The fraction of sp³-hybridized carbons (Fsp3) is 0.571. The van der Waals surface area contributed by atoms with Crippen molar-refractivity contribution in [3.05, 3.63) is 23.5 Å². The number of amides is 1. The summed E-state index contributed by atoms with van der Waals surface area (Å²) in [4.78, 5) is 16.4. The molecule has 18 heavy (non-hydrogen) atoms. The zero-order chi connectivity index (χ0) is 13.0. The van der Waals surface area contributed by atoms with Gasteiger partial charge in [-0.25, -0.2) is 0 Å². The molecule has 0 radical (unpaired) electrons. The Labute approximate surface area is 108 Å². The SMILES string of the molecule is CNc1cc(C)ncc1C(=O)NC1CCCCC1. The minimum absolute atomic E-state index is 0.0150. The lowest BCUT2D eigenvalue weighted by Crippen LogP contribution is -2.36. The first kappa shape index (κ1) is 12.9. The molecule has 0 atom stereocenters. The maximum atomic E-state index is 12.2. The van der Waals surface area contributed by atoms with Crippen LogP contribution in [0.4, 0.5) is 5.69 Å². The van der Waals surface area contributed by atoms with Crippen LogP contribution >= 0.6 is 0 Å². The maximum absolute atomic E-state index is 12.2. The number of carbonyl (C=O) groups excluding carboxylic acids is 1. The van der Waals surface area contributed by atoms with E-state index in [2.05, 4.69) is 15.6 Å². The number of aromatic nitrogens is 1. The van der Waals surface area contributed by atoms with Crippen LogP contribution in [-0.2, 0) is 0 Å². The molecule has 0 aromatic carbocycles. The van der Waals surface area contributed by atoms with Crippen molar-refractivity contribution in [2.75, 3.05) is 12.4 Å². The van der Waals surface area contributed by atoms with Crippen molar-refractivity contribution in [2.45, 2.75) is 45.1 Å². The lowest BCUT2D eigenvalue weighted by Gasteiger charge is -2.23. The monoisotopic (exact) mass is 247 g/mol. The topological polar surface area (TPSA) is 54.0 Å². The summed E-state index contributed by atoms with van der Waals surface area (Å²) >= 11 is 0. The van der Waals surface area contributed by atoms with E-state index in [1.807, 2.05) is 20.0 Å². The molecule has 1 heterocycles. The van der Waals surface area contributed by atoms with E-state index in [-0.39, 0.29) is 5.91 Å². The molecule has 2 N–H and O–H groups in total. The van der Waals surface area contributed by atoms with Gasteiger partial charge in [-0.3, -0.25) is 9.78 Å². The van der Waals surface area contributed by atoms with Gasteiger partial charge in [-0.05, 0) is 25.8 Å². The first-order chi connectivity index (χ1) is 8.70. The lowest BCUT2D eigenvalue weighted by atomic mass is 9.95. The standard InChI is InChI=1S/C14H21N3O/c1-10-8-13(15-2)12(9-16-10)14(18)17-11-6-4-3-5-7-11/h8-9,11H,3-7H2,1-2H3,(H,15,16)(H,17,18). The predicted octanol–water partition coefficient (Wildman–Crippen LogP) is 2.49. The summed E-state index contributed by atoms with van der Waals surface area (Å²) in [6.07, 6.45) is 7.57. The van der Waals surface area contributed by atoms with E-state index in [1.54, 1.807) is 6.20 Å². The molecule has 0 saturated heterocycles. The maximum Gasteiger partial charge on any atom is 0.255 e. The number of nitrogens with zero attached hydrogens (tertiary/aromatic N) is 1. The first-order valence-electron chi connectivity index (χ1n) is 6.66. The van der Waals surface area contributed by atoms with Gasteiger partial charge < -0.3 is 10.6 Å². The second-order valence-electron chi connectivity index (χ2n) is 4.93. The van der Waals surface area contributed by atoms with E-state index in [0.717, 1.165) is 24.2 Å². The van der Waals surface area contributed by atoms with Crippen LogP contribution in [0.25, 0.3) is 0 Å². The highest BCUT2D eigenvalue weighted by Crippen LogP contribution is 2.19. The van der Waals surface area contributed by atoms with Crippen molar-refractivity contribution in [1.29, 1.82) is 0 Å². The van der Waals surface area contributed by atoms with Crippen LogP contribution in [0.2, 0.25) is 0 Å². The summed E-state index contributed by atoms with van der Waals surface area (Å²) in [6, 6.07) is 2.23. The molecule has 0 bridgehead atoms. The summed E-state index contributed by atoms with van der Waals surface area (Å²) in [5, 5.41) is 6.16. The van der Waals surface area contributed by atoms with Crippen LogP contribution < -0.4 is 10.6 Å². The fourth-order valence-electron chi connectivity index (χ4n) is 2.46. The minimum Gasteiger partial charge on any atom is -0.387 e. The molecule has 1 aliphatic carbocycles. The highest BCUT2D eigenvalue weighted by Gasteiger charge is 2.18. The number of carbonyl (C=O) groups is 1. The highest BCUT2D eigenvalue weighted by atomic mass is 16.1. The van der Waals surface area contributed by atoms with Gasteiger partial charge in [0.15, 0.2) is 0 Å². The van der Waals surface area contributed by atoms with E-state index < -0.39 is 0 Å². The third-order valence-electron chi connectivity index (χ3n) is 3.50. The van der Waals surface area contributed by atoms with Crippen LogP contribution in [0.15, 0.2) is 12.3 Å². The van der Waals surface area contributed by atoms with Crippen molar-refractivity contribution in [3.63, 3.8) is 0 Å². The van der Waals surface area contributed by atoms with Crippen LogP contribution in [0.5, 0.6) is 0 Å². The molecule has 1 amide bonds. The molecule has 4 heteroatoms. The van der Waals surface area contributed by atoms with Gasteiger partial charge in [0.2, 0.25) is 0 Å². The van der Waals surface area contributed by atoms with Gasteiger partial charge in [-0.2, -0.15) is 0 Å². The van der Waals surface area contributed by atoms with Gasteiger partial charge in [-0.15, -0.1) is 0 Å². The van der Waals surface area contributed by atoms with E-state index in [9.17, 15) is 4.79 Å². The largest absolute Gasteiger partial charge is 0.387 e. The van der Waals surface area contributed by atoms with Crippen molar-refractivity contribution < 1.29 is 4.79 Å². The van der Waals surface area contributed by atoms with Crippen molar-refractivity contribution in [3.8, 4) is 0 Å². The molecule has 0 unspecified atom stereocenters. The summed E-state index contributed by atoms with van der Waals surface area (Å²) in [6.45, 7) is 1.92. The van der Waals surface area contributed by atoms with Gasteiger partial charge in [0.25, 0.3) is 5.91 Å². The Bertz CT molecular complexity index is 425. The van der Waals surface area contributed by atoms with Crippen molar-refractivity contribution in [1.82, 2.24) is 10.3 Å². The third kappa shape index (κ3) is 3.00. The number of aryl methyl sites for hydroxylation is 1. The molecule has 1 aromatic rings. The summed E-state index contributed by atoms with van der Waals surface area (Å²) in [5.74, 6) is -0.0150. The summed E-state index contributed by atoms with van der Waals surface area (Å²) in [7, 11) is 1.83. The molecule has 1 aliphatic rings. The van der Waals surface area contributed by atoms with Gasteiger partial charge in [0, 0.05) is 25.0 Å². The average molecular weight is 247 g/mol. The Balaban J connectivity index is 2.08. The molecular weight excluding hydrogens is 226 g/mol. The highest BCUT2D eigenvalue weighted by molar-refractivity contribution is 5.99. The molecule has 1 aromatic heterocycles. The van der Waals surface area contributed by atoms with E-state index in [0.29, 0.717) is 11.6 Å². The number of hydrogen-bond donors (Lipinski definition) is 2. The average Bonchev–Trinajstić information content (AvgIpc) is 2.39. The lowest BCUT2D eigenvalue weighted by molar-refractivity contribution is 0.0928. The number of anilines is 1. The second kappa shape index (κ2) is 5.85. The number of nitrogens with one attached hydrogen (secondary N) is 2. The van der Waals surface area contributed by atoms with Crippen LogP contribution in [0, 0.1) is 6.92 Å². The molecular formula is C14H21N3O. The Kier molecular flexibility index (Phi) is 4.18.